The lowest BCUT2D eigenvalue weighted by Crippen LogP contribution is -2.08. The van der Waals surface area contributed by atoms with Gasteiger partial charge in [0.1, 0.15) is 0 Å². The smallest absolute Gasteiger partial charge is 0.311 e. The van der Waals surface area contributed by atoms with Crippen LogP contribution in [0.5, 0.6) is 5.75 Å². The summed E-state index contributed by atoms with van der Waals surface area (Å²) in [6.45, 7) is 3.66. The molecule has 0 aliphatic heterocycles. The minimum atomic E-state index is -0.300. The molecule has 0 fully saturated rings. The van der Waals surface area contributed by atoms with Crippen LogP contribution in [0.15, 0.2) is 12.1 Å². The van der Waals surface area contributed by atoms with Crippen molar-refractivity contribution in [1.82, 2.24) is 0 Å². The maximum atomic E-state index is 11.4. The second kappa shape index (κ2) is 6.67. The molecule has 0 unspecified atom stereocenters. The van der Waals surface area contributed by atoms with Crippen molar-refractivity contribution in [2.45, 2.75) is 19.3 Å². The van der Waals surface area contributed by atoms with Gasteiger partial charge in [0, 0.05) is 11.4 Å². The molecule has 0 aliphatic rings. The molecule has 0 amide bonds. The zero-order chi connectivity index (χ0) is 12.1. The number of rotatable bonds is 4. The minimum absolute atomic E-state index is 0.300. The average Bonchev–Trinajstić information content (AvgIpc) is 2.20. The topological polar surface area (TPSA) is 26.3 Å². The standard InChI is InChI=1S/C11H10Cl2IO2/c1-2-3-4-10(15)16-11-8(13)5-7(12)6-9(11)14/h5-6H,1-4H2. The second-order valence-electron chi connectivity index (χ2n) is 3.13. The van der Waals surface area contributed by atoms with Crippen molar-refractivity contribution in [3.05, 3.63) is 32.7 Å². The van der Waals surface area contributed by atoms with E-state index < -0.39 is 0 Å². The Balaban J connectivity index is 2.77. The van der Waals surface area contributed by atoms with Crippen LogP contribution in [0.1, 0.15) is 19.3 Å². The summed E-state index contributed by atoms with van der Waals surface area (Å²) >= 11 is 13.8. The zero-order valence-electron chi connectivity index (χ0n) is 8.43. The lowest BCUT2D eigenvalue weighted by molar-refractivity contribution is -0.134. The largest absolute Gasteiger partial charge is 0.424 e. The van der Waals surface area contributed by atoms with Gasteiger partial charge in [0.15, 0.2) is 5.75 Å². The van der Waals surface area contributed by atoms with E-state index in [1.54, 1.807) is 12.1 Å². The van der Waals surface area contributed by atoms with Gasteiger partial charge >= 0.3 is 5.97 Å². The van der Waals surface area contributed by atoms with E-state index in [1.165, 1.54) is 0 Å². The number of halogens is 3. The van der Waals surface area contributed by atoms with Gasteiger partial charge in [-0.2, -0.15) is 0 Å². The summed E-state index contributed by atoms with van der Waals surface area (Å²) in [5, 5.41) is 0.867. The van der Waals surface area contributed by atoms with E-state index in [2.05, 4.69) is 6.92 Å². The van der Waals surface area contributed by atoms with E-state index in [0.29, 0.717) is 35.1 Å². The fourth-order valence-corrected chi connectivity index (χ4v) is 2.67. The molecular formula is C11H10Cl2IO2. The summed E-state index contributed by atoms with van der Waals surface area (Å²) in [7, 11) is 0. The van der Waals surface area contributed by atoms with Crippen LogP contribution in [0.4, 0.5) is 0 Å². The molecule has 1 radical (unpaired) electrons. The highest BCUT2D eigenvalue weighted by Crippen LogP contribution is 2.33. The van der Waals surface area contributed by atoms with E-state index in [-0.39, 0.29) is 5.97 Å². The zero-order valence-corrected chi connectivity index (χ0v) is 12.1. The Morgan fingerprint density at radius 2 is 2.12 bits per heavy atom. The van der Waals surface area contributed by atoms with Crippen LogP contribution in [0.3, 0.4) is 0 Å². The van der Waals surface area contributed by atoms with Crippen LogP contribution in [-0.2, 0) is 4.79 Å². The molecule has 0 saturated carbocycles. The third kappa shape index (κ3) is 4.11. The highest BCUT2D eigenvalue weighted by atomic mass is 127. The second-order valence-corrected chi connectivity index (χ2v) is 5.14. The molecule has 0 heterocycles. The molecule has 1 aromatic carbocycles. The summed E-state index contributed by atoms with van der Waals surface area (Å²) in [5.74, 6) is 0.0755. The molecule has 0 aliphatic carbocycles. The monoisotopic (exact) mass is 371 g/mol. The van der Waals surface area contributed by atoms with Gasteiger partial charge in [-0.3, -0.25) is 4.79 Å². The summed E-state index contributed by atoms with van der Waals surface area (Å²) in [4.78, 5) is 11.4. The lowest BCUT2D eigenvalue weighted by atomic mass is 10.2. The van der Waals surface area contributed by atoms with Crippen LogP contribution >= 0.6 is 45.8 Å². The number of unbranched alkanes of at least 4 members (excludes halogenated alkanes) is 1. The number of hydrogen-bond donors (Lipinski definition) is 0. The number of hydrogen-bond acceptors (Lipinski definition) is 2. The molecule has 1 rings (SSSR count). The van der Waals surface area contributed by atoms with E-state index in [4.69, 9.17) is 27.9 Å². The highest BCUT2D eigenvalue weighted by Gasteiger charge is 2.12. The number of carbonyl (C=O) groups excluding carboxylic acids is 1. The fourth-order valence-electron chi connectivity index (χ4n) is 1.06. The SMILES string of the molecule is [CH2]CCCC(=O)Oc1c(Cl)cc(Cl)cc1I. The number of carbonyl (C=O) groups is 1. The molecule has 0 aromatic heterocycles. The predicted octanol–water partition coefficient (Wildman–Crippen LogP) is 4.51. The number of ether oxygens (including phenoxy) is 1. The van der Waals surface area contributed by atoms with Crippen molar-refractivity contribution in [2.75, 3.05) is 0 Å². The fraction of sp³-hybridized carbons (Fsp3) is 0.273. The van der Waals surface area contributed by atoms with Gasteiger partial charge < -0.3 is 4.74 Å². The van der Waals surface area contributed by atoms with Crippen LogP contribution in [-0.4, -0.2) is 5.97 Å². The Hall–Kier alpha value is -0.000000000000000111. The van der Waals surface area contributed by atoms with Gasteiger partial charge in [0.05, 0.1) is 8.59 Å². The normalized spacial score (nSPS) is 10.2. The third-order valence-electron chi connectivity index (χ3n) is 1.81. The Morgan fingerprint density at radius 1 is 1.44 bits per heavy atom. The first kappa shape index (κ1) is 14.1. The first-order chi connectivity index (χ1) is 7.54. The molecule has 0 spiro atoms. The van der Waals surface area contributed by atoms with E-state index in [1.807, 2.05) is 22.6 Å². The maximum absolute atomic E-state index is 11.4. The van der Waals surface area contributed by atoms with Crippen LogP contribution < -0.4 is 4.74 Å². The molecule has 87 valence electrons. The van der Waals surface area contributed by atoms with Crippen LogP contribution in [0.25, 0.3) is 0 Å². The first-order valence-corrected chi connectivity index (χ1v) is 6.52. The summed E-state index contributed by atoms with van der Waals surface area (Å²) in [6.07, 6.45) is 1.76. The molecule has 1 aromatic rings. The summed E-state index contributed by atoms with van der Waals surface area (Å²) in [6, 6.07) is 3.24. The molecule has 0 N–H and O–H groups in total. The highest BCUT2D eigenvalue weighted by molar-refractivity contribution is 14.1. The van der Waals surface area contributed by atoms with Gasteiger partial charge in [-0.15, -0.1) is 0 Å². The first-order valence-electron chi connectivity index (χ1n) is 4.69. The summed E-state index contributed by atoms with van der Waals surface area (Å²) < 4.78 is 5.89. The minimum Gasteiger partial charge on any atom is -0.424 e. The lowest BCUT2D eigenvalue weighted by Gasteiger charge is -2.08. The van der Waals surface area contributed by atoms with Crippen molar-refractivity contribution >= 4 is 51.8 Å². The molecule has 16 heavy (non-hydrogen) atoms. The summed E-state index contributed by atoms with van der Waals surface area (Å²) in [5.41, 5.74) is 0. The van der Waals surface area contributed by atoms with Gasteiger partial charge in [-0.25, -0.2) is 0 Å². The van der Waals surface area contributed by atoms with E-state index in [0.717, 1.165) is 3.57 Å². The molecule has 0 bridgehead atoms. The van der Waals surface area contributed by atoms with E-state index in [9.17, 15) is 4.79 Å². The predicted molar refractivity (Wildman–Crippen MR) is 74.0 cm³/mol. The van der Waals surface area contributed by atoms with E-state index >= 15 is 0 Å². The molecule has 2 nitrogen and oxygen atoms in total. The Morgan fingerprint density at radius 3 is 2.69 bits per heavy atom. The molecule has 0 atom stereocenters. The number of benzene rings is 1. The van der Waals surface area contributed by atoms with Gasteiger partial charge in [0.25, 0.3) is 0 Å². The van der Waals surface area contributed by atoms with Crippen molar-refractivity contribution in [2.24, 2.45) is 0 Å². The Bertz CT molecular complexity index is 371. The van der Waals surface area contributed by atoms with Gasteiger partial charge in [-0.05, 0) is 41.1 Å². The maximum Gasteiger partial charge on any atom is 0.311 e. The van der Waals surface area contributed by atoms with Gasteiger partial charge in [0.2, 0.25) is 0 Å². The molecule has 5 heteroatoms. The van der Waals surface area contributed by atoms with Crippen LogP contribution in [0.2, 0.25) is 10.0 Å². The van der Waals surface area contributed by atoms with Crippen molar-refractivity contribution in [1.29, 1.82) is 0 Å². The average molecular weight is 372 g/mol. The third-order valence-corrected chi connectivity index (χ3v) is 3.11. The van der Waals surface area contributed by atoms with Crippen molar-refractivity contribution < 1.29 is 9.53 Å². The number of esters is 1. The van der Waals surface area contributed by atoms with Crippen LogP contribution in [0, 0.1) is 10.5 Å². The Labute approximate surface area is 118 Å². The van der Waals surface area contributed by atoms with Crippen molar-refractivity contribution in [3.63, 3.8) is 0 Å². The molecule has 0 saturated heterocycles. The molecular weight excluding hydrogens is 362 g/mol. The van der Waals surface area contributed by atoms with Gasteiger partial charge in [-0.1, -0.05) is 36.5 Å². The quantitative estimate of drug-likeness (QED) is 0.442. The van der Waals surface area contributed by atoms with Crippen molar-refractivity contribution in [3.8, 4) is 5.75 Å². The Kier molecular flexibility index (Phi) is 5.86.